The molecule has 0 heterocycles. The maximum Gasteiger partial charge on any atom is 0.222 e. The molecular weight excluding hydrogens is 362 g/mol. The Balaban J connectivity index is 1.77. The number of nitrogens with zero attached hydrogens (tertiary/aromatic N) is 1. The highest BCUT2D eigenvalue weighted by Crippen LogP contribution is 2.48. The summed E-state index contributed by atoms with van der Waals surface area (Å²) in [6.45, 7) is 4.42. The van der Waals surface area contributed by atoms with Gasteiger partial charge in [0.1, 0.15) is 0 Å². The first kappa shape index (κ1) is 24.1. The lowest BCUT2D eigenvalue weighted by Gasteiger charge is -2.19. The Labute approximate surface area is 178 Å². The molecule has 2 rings (SSSR count). The number of fused-ring (bicyclic) bond motifs is 1. The number of aliphatic hydroxyl groups excluding tert-OH is 2. The van der Waals surface area contributed by atoms with Crippen LogP contribution in [-0.2, 0) is 4.79 Å². The molecule has 0 spiro atoms. The Morgan fingerprint density at radius 1 is 1.31 bits per heavy atom. The summed E-state index contributed by atoms with van der Waals surface area (Å²) < 4.78 is 0. The van der Waals surface area contributed by atoms with E-state index in [2.05, 4.69) is 26.0 Å². The molecule has 4 heteroatoms. The molecule has 0 aromatic carbocycles. The van der Waals surface area contributed by atoms with Gasteiger partial charge in [-0.05, 0) is 56.3 Å². The van der Waals surface area contributed by atoms with E-state index in [0.717, 1.165) is 38.5 Å². The van der Waals surface area contributed by atoms with Crippen LogP contribution in [0.25, 0.3) is 0 Å². The lowest BCUT2D eigenvalue weighted by Crippen LogP contribution is -2.21. The summed E-state index contributed by atoms with van der Waals surface area (Å²) in [4.78, 5) is 13.3. The van der Waals surface area contributed by atoms with Crippen LogP contribution in [0, 0.1) is 23.7 Å². The third-order valence-corrected chi connectivity index (χ3v) is 6.84. The van der Waals surface area contributed by atoms with Gasteiger partial charge < -0.3 is 15.1 Å². The minimum Gasteiger partial charge on any atom is -0.392 e. The van der Waals surface area contributed by atoms with Crippen LogP contribution >= 0.6 is 0 Å². The number of carbonyl (C=O) groups excluding carboxylic acids is 1. The largest absolute Gasteiger partial charge is 0.392 e. The van der Waals surface area contributed by atoms with Crippen molar-refractivity contribution in [2.24, 2.45) is 23.7 Å². The fourth-order valence-electron chi connectivity index (χ4n) is 5.06. The van der Waals surface area contributed by atoms with E-state index in [0.29, 0.717) is 24.2 Å². The number of unbranched alkanes of at least 4 members (excludes halogenated alkanes) is 2. The van der Waals surface area contributed by atoms with Crippen LogP contribution in [-0.4, -0.2) is 47.3 Å². The summed E-state index contributed by atoms with van der Waals surface area (Å²) in [6, 6.07) is 0. The van der Waals surface area contributed by atoms with Gasteiger partial charge in [-0.3, -0.25) is 4.79 Å². The molecule has 0 saturated heterocycles. The van der Waals surface area contributed by atoms with Gasteiger partial charge in [-0.15, -0.1) is 0 Å². The lowest BCUT2D eigenvalue weighted by atomic mass is 9.88. The SMILES string of the molecule is CCCC[C@H](C)C[C@H](O)C=C[C@@H]1[C@H]2CC(CCCCC(=O)N(C)C)=C[C@H]2C[C@H]1O. The van der Waals surface area contributed by atoms with Gasteiger partial charge in [-0.1, -0.05) is 56.9 Å². The van der Waals surface area contributed by atoms with Crippen molar-refractivity contribution in [3.05, 3.63) is 23.8 Å². The smallest absolute Gasteiger partial charge is 0.222 e. The second kappa shape index (κ2) is 11.9. The zero-order chi connectivity index (χ0) is 21.4. The molecule has 1 amide bonds. The van der Waals surface area contributed by atoms with Gasteiger partial charge in [-0.2, -0.15) is 0 Å². The Morgan fingerprint density at radius 2 is 2.07 bits per heavy atom. The fourth-order valence-corrected chi connectivity index (χ4v) is 5.06. The lowest BCUT2D eigenvalue weighted by molar-refractivity contribution is -0.128. The first-order valence-corrected chi connectivity index (χ1v) is 11.8. The van der Waals surface area contributed by atoms with Gasteiger partial charge in [0.05, 0.1) is 12.2 Å². The molecule has 29 heavy (non-hydrogen) atoms. The van der Waals surface area contributed by atoms with Crippen molar-refractivity contribution in [2.75, 3.05) is 14.1 Å². The third kappa shape index (κ3) is 7.57. The topological polar surface area (TPSA) is 60.8 Å². The summed E-state index contributed by atoms with van der Waals surface area (Å²) in [5, 5.41) is 20.9. The predicted molar refractivity (Wildman–Crippen MR) is 119 cm³/mol. The van der Waals surface area contributed by atoms with Gasteiger partial charge in [0, 0.05) is 26.4 Å². The summed E-state index contributed by atoms with van der Waals surface area (Å²) in [6.07, 6.45) is 15.7. The van der Waals surface area contributed by atoms with Gasteiger partial charge >= 0.3 is 0 Å². The minimum atomic E-state index is -0.406. The van der Waals surface area contributed by atoms with E-state index in [4.69, 9.17) is 0 Å². The normalized spacial score (nSPS) is 28.4. The quantitative estimate of drug-likeness (QED) is 0.365. The molecule has 6 atom stereocenters. The molecule has 2 aliphatic rings. The van der Waals surface area contributed by atoms with Crippen molar-refractivity contribution in [3.8, 4) is 0 Å². The highest BCUT2D eigenvalue weighted by Gasteiger charge is 2.43. The molecule has 4 nitrogen and oxygen atoms in total. The second-order valence-corrected chi connectivity index (χ2v) is 9.67. The maximum absolute atomic E-state index is 11.7. The molecule has 0 aromatic rings. The molecule has 2 aliphatic carbocycles. The molecule has 2 N–H and O–H groups in total. The Bertz CT molecular complexity index is 568. The van der Waals surface area contributed by atoms with E-state index in [1.165, 1.54) is 24.8 Å². The van der Waals surface area contributed by atoms with Gasteiger partial charge in [0.15, 0.2) is 0 Å². The van der Waals surface area contributed by atoms with Crippen molar-refractivity contribution in [1.29, 1.82) is 0 Å². The van der Waals surface area contributed by atoms with Gasteiger partial charge in [0.2, 0.25) is 5.91 Å². The standard InChI is InChI=1S/C25H43NO3/c1-5-6-9-18(2)14-21(27)12-13-22-23-16-19(15-20(23)17-24(22)28)10-7-8-11-25(29)26(3)4/h12-13,15,18,20-24,27-28H,5-11,14,16-17H2,1-4H3/t18-,20-,21+,22+,23-,24+/m0/s1. The number of amides is 1. The highest BCUT2D eigenvalue weighted by atomic mass is 16.3. The second-order valence-electron chi connectivity index (χ2n) is 9.67. The molecule has 0 aromatic heterocycles. The molecule has 166 valence electrons. The van der Waals surface area contributed by atoms with Crippen molar-refractivity contribution in [3.63, 3.8) is 0 Å². The zero-order valence-corrected chi connectivity index (χ0v) is 19.0. The minimum absolute atomic E-state index is 0.157. The molecule has 0 unspecified atom stereocenters. The average molecular weight is 406 g/mol. The monoisotopic (exact) mass is 405 g/mol. The number of hydrogen-bond donors (Lipinski definition) is 2. The Kier molecular flexibility index (Phi) is 9.91. The summed E-state index contributed by atoms with van der Waals surface area (Å²) in [5.41, 5.74) is 1.50. The van der Waals surface area contributed by atoms with Crippen LogP contribution in [0.5, 0.6) is 0 Å². The molecular formula is C25H43NO3. The molecule has 0 radical (unpaired) electrons. The molecule has 1 saturated carbocycles. The first-order valence-electron chi connectivity index (χ1n) is 11.8. The average Bonchev–Trinajstić information content (AvgIpc) is 3.17. The van der Waals surface area contributed by atoms with E-state index in [9.17, 15) is 15.0 Å². The predicted octanol–water partition coefficient (Wildman–Crippen LogP) is 4.71. The molecule has 1 fully saturated rings. The van der Waals surface area contributed by atoms with Crippen LogP contribution in [0.4, 0.5) is 0 Å². The van der Waals surface area contributed by atoms with Crippen molar-refractivity contribution in [2.45, 2.75) is 90.3 Å². The maximum atomic E-state index is 11.7. The van der Waals surface area contributed by atoms with Crippen LogP contribution in [0.15, 0.2) is 23.8 Å². The number of allylic oxidation sites excluding steroid dienone is 2. The zero-order valence-electron chi connectivity index (χ0n) is 19.0. The summed E-state index contributed by atoms with van der Waals surface area (Å²) in [7, 11) is 3.62. The fraction of sp³-hybridized carbons (Fsp3) is 0.800. The van der Waals surface area contributed by atoms with Crippen LogP contribution in [0.2, 0.25) is 0 Å². The van der Waals surface area contributed by atoms with Gasteiger partial charge in [-0.25, -0.2) is 0 Å². The van der Waals surface area contributed by atoms with Crippen molar-refractivity contribution in [1.82, 2.24) is 4.90 Å². The van der Waals surface area contributed by atoms with Crippen LogP contribution in [0.3, 0.4) is 0 Å². The number of hydrogen-bond acceptors (Lipinski definition) is 3. The molecule has 0 bridgehead atoms. The van der Waals surface area contributed by atoms with Gasteiger partial charge in [0.25, 0.3) is 0 Å². The first-order chi connectivity index (χ1) is 13.8. The Morgan fingerprint density at radius 3 is 2.76 bits per heavy atom. The van der Waals surface area contributed by atoms with E-state index < -0.39 is 6.10 Å². The number of rotatable bonds is 12. The van der Waals surface area contributed by atoms with E-state index >= 15 is 0 Å². The summed E-state index contributed by atoms with van der Waals surface area (Å²) >= 11 is 0. The van der Waals surface area contributed by atoms with E-state index in [1.54, 1.807) is 4.90 Å². The van der Waals surface area contributed by atoms with E-state index in [-0.39, 0.29) is 17.9 Å². The molecule has 0 aliphatic heterocycles. The summed E-state index contributed by atoms with van der Waals surface area (Å²) in [5.74, 6) is 1.85. The van der Waals surface area contributed by atoms with Crippen molar-refractivity contribution >= 4 is 5.91 Å². The highest BCUT2D eigenvalue weighted by molar-refractivity contribution is 5.75. The number of carbonyl (C=O) groups is 1. The van der Waals surface area contributed by atoms with Crippen LogP contribution in [0.1, 0.15) is 78.1 Å². The third-order valence-electron chi connectivity index (χ3n) is 6.84. The number of aliphatic hydroxyl groups is 2. The van der Waals surface area contributed by atoms with E-state index in [1.807, 2.05) is 20.2 Å². The Hall–Kier alpha value is -1.13. The van der Waals surface area contributed by atoms with Crippen molar-refractivity contribution < 1.29 is 15.0 Å². The van der Waals surface area contributed by atoms with Crippen LogP contribution < -0.4 is 0 Å².